The standard InChI is InChI=1S/C20H27N7O/c1-5-27-15-9-7-6-8-14(15)23-19(27)17(21)18-13(2)12-22-20(25-18)24-16(28)10-11-26(3)4/h6-9,12,23H,5,10-11,21H2,1-4H3,(H,22,24,25,28)/b19-17-. The van der Waals surface area contributed by atoms with Gasteiger partial charge in [0, 0.05) is 25.7 Å². The number of fused-ring (bicyclic) bond motifs is 1. The molecule has 1 amide bonds. The first kappa shape index (κ1) is 19.6. The Balaban J connectivity index is 1.89. The second kappa shape index (κ2) is 8.26. The molecule has 0 saturated carbocycles. The largest absolute Gasteiger partial charge is 0.394 e. The number of aryl methyl sites for hydroxylation is 1. The molecule has 1 aliphatic heterocycles. The van der Waals surface area contributed by atoms with E-state index in [2.05, 4.69) is 38.5 Å². The van der Waals surface area contributed by atoms with Crippen LogP contribution in [0.3, 0.4) is 0 Å². The van der Waals surface area contributed by atoms with Gasteiger partial charge in [-0.05, 0) is 45.6 Å². The van der Waals surface area contributed by atoms with E-state index in [1.54, 1.807) is 6.20 Å². The van der Waals surface area contributed by atoms with Gasteiger partial charge in [-0.25, -0.2) is 9.97 Å². The van der Waals surface area contributed by atoms with Crippen LogP contribution in [-0.4, -0.2) is 48.0 Å². The number of anilines is 3. The number of amides is 1. The lowest BCUT2D eigenvalue weighted by Gasteiger charge is -2.20. The molecule has 0 fully saturated rings. The van der Waals surface area contributed by atoms with Crippen molar-refractivity contribution in [3.05, 3.63) is 47.5 Å². The molecule has 3 rings (SSSR count). The van der Waals surface area contributed by atoms with Crippen LogP contribution in [0.1, 0.15) is 24.6 Å². The summed E-state index contributed by atoms with van der Waals surface area (Å²) in [6.45, 7) is 5.39. The summed E-state index contributed by atoms with van der Waals surface area (Å²) in [4.78, 5) is 24.9. The maximum Gasteiger partial charge on any atom is 0.230 e. The smallest absolute Gasteiger partial charge is 0.230 e. The third-order valence-corrected chi connectivity index (χ3v) is 4.55. The van der Waals surface area contributed by atoms with E-state index < -0.39 is 0 Å². The number of para-hydroxylation sites is 2. The van der Waals surface area contributed by atoms with Gasteiger partial charge in [0.1, 0.15) is 5.82 Å². The predicted molar refractivity (Wildman–Crippen MR) is 113 cm³/mol. The van der Waals surface area contributed by atoms with Crippen LogP contribution in [-0.2, 0) is 4.79 Å². The van der Waals surface area contributed by atoms with Crippen LogP contribution >= 0.6 is 0 Å². The van der Waals surface area contributed by atoms with E-state index in [9.17, 15) is 4.79 Å². The molecule has 4 N–H and O–H groups in total. The number of carbonyl (C=O) groups is 1. The Labute approximate surface area is 165 Å². The lowest BCUT2D eigenvalue weighted by Crippen LogP contribution is -2.25. The molecule has 0 unspecified atom stereocenters. The van der Waals surface area contributed by atoms with Crippen molar-refractivity contribution >= 4 is 28.9 Å². The Hall–Kier alpha value is -3.13. The summed E-state index contributed by atoms with van der Waals surface area (Å²) in [6, 6.07) is 8.05. The number of carbonyl (C=O) groups excluding carboxylic acids is 1. The number of hydrogen-bond acceptors (Lipinski definition) is 7. The molecule has 8 heteroatoms. The van der Waals surface area contributed by atoms with Crippen molar-refractivity contribution in [2.75, 3.05) is 42.7 Å². The van der Waals surface area contributed by atoms with Crippen molar-refractivity contribution in [1.82, 2.24) is 14.9 Å². The van der Waals surface area contributed by atoms with Crippen molar-refractivity contribution < 1.29 is 4.79 Å². The van der Waals surface area contributed by atoms with Gasteiger partial charge < -0.3 is 20.9 Å². The number of aromatic nitrogens is 2. The highest BCUT2D eigenvalue weighted by atomic mass is 16.1. The molecule has 1 aliphatic rings. The van der Waals surface area contributed by atoms with Crippen molar-refractivity contribution in [2.45, 2.75) is 20.3 Å². The van der Waals surface area contributed by atoms with Crippen LogP contribution < -0.4 is 21.3 Å². The van der Waals surface area contributed by atoms with Gasteiger partial charge >= 0.3 is 0 Å². The number of hydrogen-bond donors (Lipinski definition) is 3. The van der Waals surface area contributed by atoms with Crippen LogP contribution in [0, 0.1) is 6.92 Å². The maximum absolute atomic E-state index is 12.1. The van der Waals surface area contributed by atoms with E-state index in [0.717, 1.165) is 29.3 Å². The average Bonchev–Trinajstić information content (AvgIpc) is 3.06. The summed E-state index contributed by atoms with van der Waals surface area (Å²) >= 11 is 0. The molecule has 8 nitrogen and oxygen atoms in total. The fourth-order valence-corrected chi connectivity index (χ4v) is 3.07. The van der Waals surface area contributed by atoms with E-state index in [1.165, 1.54) is 0 Å². The van der Waals surface area contributed by atoms with Gasteiger partial charge in [0.2, 0.25) is 11.9 Å². The lowest BCUT2D eigenvalue weighted by molar-refractivity contribution is -0.116. The average molecular weight is 381 g/mol. The van der Waals surface area contributed by atoms with E-state index in [1.807, 2.05) is 44.1 Å². The highest BCUT2D eigenvalue weighted by molar-refractivity contribution is 5.90. The zero-order valence-electron chi connectivity index (χ0n) is 16.8. The van der Waals surface area contributed by atoms with Gasteiger partial charge in [0.25, 0.3) is 0 Å². The van der Waals surface area contributed by atoms with Gasteiger partial charge in [-0.15, -0.1) is 0 Å². The Kier molecular flexibility index (Phi) is 5.79. The van der Waals surface area contributed by atoms with E-state index >= 15 is 0 Å². The molecule has 2 heterocycles. The van der Waals surface area contributed by atoms with Crippen molar-refractivity contribution in [3.63, 3.8) is 0 Å². The molecule has 1 aromatic carbocycles. The summed E-state index contributed by atoms with van der Waals surface area (Å²) in [5.74, 6) is 0.915. The second-order valence-corrected chi connectivity index (χ2v) is 6.98. The SMILES string of the molecule is CCN1/C(=C(\N)c2nc(NC(=O)CCN(C)C)ncc2C)Nc2ccccc21. The minimum atomic E-state index is -0.128. The molecule has 1 aromatic heterocycles. The molecule has 0 atom stereocenters. The first-order chi connectivity index (χ1) is 13.4. The van der Waals surface area contributed by atoms with Gasteiger partial charge in [-0.2, -0.15) is 0 Å². The van der Waals surface area contributed by atoms with Gasteiger partial charge in [-0.3, -0.25) is 10.1 Å². The van der Waals surface area contributed by atoms with Gasteiger partial charge in [0.05, 0.1) is 22.8 Å². The maximum atomic E-state index is 12.1. The molecule has 0 radical (unpaired) electrons. The van der Waals surface area contributed by atoms with E-state index in [-0.39, 0.29) is 11.9 Å². The number of nitrogens with two attached hydrogens (primary N) is 1. The number of rotatable bonds is 6. The predicted octanol–water partition coefficient (Wildman–Crippen LogP) is 2.21. The number of benzene rings is 1. The minimum absolute atomic E-state index is 0.128. The number of nitrogens with one attached hydrogen (secondary N) is 2. The summed E-state index contributed by atoms with van der Waals surface area (Å²) < 4.78 is 0. The third kappa shape index (κ3) is 4.07. The Bertz CT molecular complexity index is 907. The lowest BCUT2D eigenvalue weighted by atomic mass is 10.2. The van der Waals surface area contributed by atoms with E-state index in [0.29, 0.717) is 24.4 Å². The Morgan fingerprint density at radius 3 is 2.79 bits per heavy atom. The summed E-state index contributed by atoms with van der Waals surface area (Å²) in [5, 5.41) is 6.13. The summed E-state index contributed by atoms with van der Waals surface area (Å²) in [6.07, 6.45) is 2.05. The van der Waals surface area contributed by atoms with Gasteiger partial charge in [0.15, 0.2) is 0 Å². The summed E-state index contributed by atoms with van der Waals surface area (Å²) in [7, 11) is 3.85. The fourth-order valence-electron chi connectivity index (χ4n) is 3.07. The third-order valence-electron chi connectivity index (χ3n) is 4.55. The first-order valence-electron chi connectivity index (χ1n) is 9.32. The summed E-state index contributed by atoms with van der Waals surface area (Å²) in [5.41, 5.74) is 10.5. The molecule has 28 heavy (non-hydrogen) atoms. The van der Waals surface area contributed by atoms with Crippen LogP contribution in [0.15, 0.2) is 36.3 Å². The molecule has 0 spiro atoms. The first-order valence-corrected chi connectivity index (χ1v) is 9.32. The zero-order chi connectivity index (χ0) is 20.3. The zero-order valence-corrected chi connectivity index (χ0v) is 16.8. The molecular weight excluding hydrogens is 354 g/mol. The van der Waals surface area contributed by atoms with Crippen LogP contribution in [0.25, 0.3) is 5.70 Å². The Morgan fingerprint density at radius 1 is 1.32 bits per heavy atom. The van der Waals surface area contributed by atoms with Gasteiger partial charge in [-0.1, -0.05) is 12.1 Å². The van der Waals surface area contributed by atoms with Crippen LogP contribution in [0.4, 0.5) is 17.3 Å². The number of nitrogens with zero attached hydrogens (tertiary/aromatic N) is 4. The fraction of sp³-hybridized carbons (Fsp3) is 0.350. The quantitative estimate of drug-likeness (QED) is 0.705. The van der Waals surface area contributed by atoms with Crippen molar-refractivity contribution in [2.24, 2.45) is 5.73 Å². The van der Waals surface area contributed by atoms with Crippen LogP contribution in [0.2, 0.25) is 0 Å². The van der Waals surface area contributed by atoms with Crippen LogP contribution in [0.5, 0.6) is 0 Å². The Morgan fingerprint density at radius 2 is 2.07 bits per heavy atom. The molecule has 0 bridgehead atoms. The van der Waals surface area contributed by atoms with E-state index in [4.69, 9.17) is 5.73 Å². The molecule has 2 aromatic rings. The molecule has 0 aliphatic carbocycles. The molecule has 0 saturated heterocycles. The highest BCUT2D eigenvalue weighted by Crippen LogP contribution is 2.37. The highest BCUT2D eigenvalue weighted by Gasteiger charge is 2.26. The second-order valence-electron chi connectivity index (χ2n) is 6.98. The normalized spacial score (nSPS) is 14.7. The topological polar surface area (TPSA) is 99.4 Å². The monoisotopic (exact) mass is 381 g/mol. The molecular formula is C20H27N7O. The molecule has 148 valence electrons. The minimum Gasteiger partial charge on any atom is -0.394 e. The van der Waals surface area contributed by atoms with Crippen molar-refractivity contribution in [3.8, 4) is 0 Å². The van der Waals surface area contributed by atoms with Crippen molar-refractivity contribution in [1.29, 1.82) is 0 Å².